The lowest BCUT2D eigenvalue weighted by atomic mass is 10.2. The number of amides is 2. The minimum Gasteiger partial charge on any atom is -0.368 e. The fraction of sp³-hybridized carbons (Fsp3) is 0.292. The van der Waals surface area contributed by atoms with Crippen molar-refractivity contribution in [1.82, 2.24) is 9.47 Å². The molecule has 0 N–H and O–H groups in total. The van der Waals surface area contributed by atoms with Crippen LogP contribution in [0.2, 0.25) is 5.02 Å². The summed E-state index contributed by atoms with van der Waals surface area (Å²) in [6.07, 6.45) is 5.45. The van der Waals surface area contributed by atoms with Crippen molar-refractivity contribution in [2.24, 2.45) is 4.99 Å². The summed E-state index contributed by atoms with van der Waals surface area (Å²) < 4.78 is 27.6. The average Bonchev–Trinajstić information content (AvgIpc) is 3.14. The van der Waals surface area contributed by atoms with Gasteiger partial charge >= 0.3 is 0 Å². The van der Waals surface area contributed by atoms with E-state index in [0.29, 0.717) is 31.2 Å². The molecule has 1 aromatic heterocycles. The number of para-hydroxylation sites is 1. The Morgan fingerprint density at radius 1 is 1.06 bits per heavy atom. The lowest BCUT2D eigenvalue weighted by Crippen LogP contribution is -2.50. The summed E-state index contributed by atoms with van der Waals surface area (Å²) in [5, 5.41) is 0.523. The molecule has 0 radical (unpaired) electrons. The Morgan fingerprint density at radius 3 is 2.46 bits per heavy atom. The molecule has 4 rings (SSSR count). The van der Waals surface area contributed by atoms with E-state index >= 15 is 0 Å². The van der Waals surface area contributed by atoms with Crippen LogP contribution in [0.5, 0.6) is 0 Å². The number of benzene rings is 2. The fourth-order valence-electron chi connectivity index (χ4n) is 3.89. The summed E-state index contributed by atoms with van der Waals surface area (Å²) in [6, 6.07) is 15.0. The van der Waals surface area contributed by atoms with E-state index in [-0.39, 0.29) is 11.3 Å². The van der Waals surface area contributed by atoms with Gasteiger partial charge in [0.05, 0.1) is 16.8 Å². The second-order valence-corrected chi connectivity index (χ2v) is 11.5. The van der Waals surface area contributed by atoms with Crippen LogP contribution in [0, 0.1) is 12.3 Å². The zero-order valence-electron chi connectivity index (χ0n) is 18.8. The number of hydrogen-bond acceptors (Lipinski definition) is 6. The third kappa shape index (κ3) is 6.11. The number of terminal acetylenes is 1. The van der Waals surface area contributed by atoms with Gasteiger partial charge in [0.1, 0.15) is 11.5 Å². The maximum absolute atomic E-state index is 12.6. The van der Waals surface area contributed by atoms with E-state index in [4.69, 9.17) is 18.0 Å². The van der Waals surface area contributed by atoms with Gasteiger partial charge < -0.3 is 14.4 Å². The molecular formula is C24H23ClN4O4S2. The van der Waals surface area contributed by atoms with Crippen molar-refractivity contribution in [2.75, 3.05) is 42.6 Å². The van der Waals surface area contributed by atoms with Crippen molar-refractivity contribution in [2.45, 2.75) is 6.54 Å². The first-order valence-corrected chi connectivity index (χ1v) is 13.9. The summed E-state index contributed by atoms with van der Waals surface area (Å²) in [4.78, 5) is 33.1. The van der Waals surface area contributed by atoms with Gasteiger partial charge in [-0.1, -0.05) is 47.1 Å². The summed E-state index contributed by atoms with van der Waals surface area (Å²) in [6.45, 7) is 2.20. The molecule has 2 amide bonds. The van der Waals surface area contributed by atoms with Crippen LogP contribution in [0.25, 0.3) is 10.2 Å². The van der Waals surface area contributed by atoms with Gasteiger partial charge in [0, 0.05) is 36.9 Å². The third-order valence-corrected chi connectivity index (χ3v) is 8.20. The molecule has 1 aliphatic heterocycles. The van der Waals surface area contributed by atoms with Crippen molar-refractivity contribution in [3.63, 3.8) is 0 Å². The standard InChI is InChI=1S/C24H23ClN4O4S2/c1-2-10-29-20-9-8-18(25)15-21(20)34-24(29)26-22(30)16-35(32,33)17-23(31)28-13-11-27(12-14-28)19-6-4-3-5-7-19/h1,3-9,15H,10-14,16-17H2. The fourth-order valence-corrected chi connectivity index (χ4v) is 6.31. The predicted molar refractivity (Wildman–Crippen MR) is 138 cm³/mol. The predicted octanol–water partition coefficient (Wildman–Crippen LogP) is 2.18. The number of halogens is 1. The highest BCUT2D eigenvalue weighted by atomic mass is 35.5. The van der Waals surface area contributed by atoms with Crippen LogP contribution in [0.3, 0.4) is 0 Å². The van der Waals surface area contributed by atoms with Crippen LogP contribution in [0.15, 0.2) is 53.5 Å². The van der Waals surface area contributed by atoms with E-state index in [1.807, 2.05) is 30.3 Å². The van der Waals surface area contributed by atoms with Gasteiger partial charge in [0.2, 0.25) is 5.91 Å². The number of piperazine rings is 1. The highest BCUT2D eigenvalue weighted by Gasteiger charge is 2.27. The molecule has 0 atom stereocenters. The number of nitrogens with zero attached hydrogens (tertiary/aromatic N) is 4. The molecule has 0 bridgehead atoms. The maximum Gasteiger partial charge on any atom is 0.263 e. The number of aromatic nitrogens is 1. The van der Waals surface area contributed by atoms with E-state index in [1.54, 1.807) is 22.8 Å². The van der Waals surface area contributed by atoms with Crippen LogP contribution >= 0.6 is 22.9 Å². The van der Waals surface area contributed by atoms with E-state index in [1.165, 1.54) is 16.2 Å². The van der Waals surface area contributed by atoms with Gasteiger partial charge in [-0.3, -0.25) is 9.59 Å². The Balaban J connectivity index is 1.41. The molecule has 1 saturated heterocycles. The Hall–Kier alpha value is -3.13. The summed E-state index contributed by atoms with van der Waals surface area (Å²) in [5.41, 5.74) is 1.81. The third-order valence-electron chi connectivity index (χ3n) is 5.56. The molecule has 0 saturated carbocycles. The average molecular weight is 531 g/mol. The molecule has 8 nitrogen and oxygen atoms in total. The van der Waals surface area contributed by atoms with Crippen molar-refractivity contribution >= 4 is 60.5 Å². The lowest BCUT2D eigenvalue weighted by Gasteiger charge is -2.36. The Morgan fingerprint density at radius 2 is 1.77 bits per heavy atom. The molecule has 2 aromatic carbocycles. The number of hydrogen-bond donors (Lipinski definition) is 0. The minimum atomic E-state index is -3.99. The molecule has 182 valence electrons. The van der Waals surface area contributed by atoms with Gasteiger partial charge in [0.25, 0.3) is 5.91 Å². The first-order valence-electron chi connectivity index (χ1n) is 10.8. The quantitative estimate of drug-likeness (QED) is 0.456. The van der Waals surface area contributed by atoms with Crippen molar-refractivity contribution < 1.29 is 18.0 Å². The minimum absolute atomic E-state index is 0.161. The van der Waals surface area contributed by atoms with Gasteiger partial charge in [-0.05, 0) is 30.3 Å². The van der Waals surface area contributed by atoms with Gasteiger partial charge in [-0.15, -0.1) is 6.42 Å². The number of thiazole rings is 1. The van der Waals surface area contributed by atoms with Gasteiger partial charge in [-0.2, -0.15) is 4.99 Å². The molecule has 1 aliphatic rings. The van der Waals surface area contributed by atoms with Crippen LogP contribution in [-0.4, -0.2) is 67.4 Å². The molecule has 0 aliphatic carbocycles. The second-order valence-electron chi connectivity index (χ2n) is 8.03. The van der Waals surface area contributed by atoms with E-state index in [0.717, 1.165) is 15.9 Å². The smallest absolute Gasteiger partial charge is 0.263 e. The summed E-state index contributed by atoms with van der Waals surface area (Å²) in [7, 11) is -3.99. The van der Waals surface area contributed by atoms with Crippen LogP contribution < -0.4 is 9.70 Å². The van der Waals surface area contributed by atoms with Crippen molar-refractivity contribution in [1.29, 1.82) is 0 Å². The Kier molecular flexibility index (Phi) is 7.60. The molecule has 11 heteroatoms. The number of fused-ring (bicyclic) bond motifs is 1. The van der Waals surface area contributed by atoms with Gasteiger partial charge in [-0.25, -0.2) is 8.42 Å². The maximum atomic E-state index is 12.6. The molecule has 0 spiro atoms. The zero-order chi connectivity index (χ0) is 25.0. The molecule has 3 aromatic rings. The van der Waals surface area contributed by atoms with Crippen LogP contribution in [-0.2, 0) is 26.0 Å². The molecule has 1 fully saturated rings. The monoisotopic (exact) mass is 530 g/mol. The number of sulfone groups is 1. The first-order chi connectivity index (χ1) is 16.8. The second kappa shape index (κ2) is 10.6. The molecule has 35 heavy (non-hydrogen) atoms. The van der Waals surface area contributed by atoms with Crippen LogP contribution in [0.4, 0.5) is 5.69 Å². The summed E-state index contributed by atoms with van der Waals surface area (Å²) >= 11 is 7.23. The Bertz CT molecular complexity index is 1460. The van der Waals surface area contributed by atoms with Crippen molar-refractivity contribution in [3.8, 4) is 12.3 Å². The van der Waals surface area contributed by atoms with E-state index in [2.05, 4.69) is 15.8 Å². The topological polar surface area (TPSA) is 92.0 Å². The van der Waals surface area contributed by atoms with E-state index in [9.17, 15) is 18.0 Å². The number of anilines is 1. The normalized spacial score (nSPS) is 14.8. The molecular weight excluding hydrogens is 508 g/mol. The lowest BCUT2D eigenvalue weighted by molar-refractivity contribution is -0.128. The first kappa shape index (κ1) is 25.0. The highest BCUT2D eigenvalue weighted by molar-refractivity contribution is 7.92. The summed E-state index contributed by atoms with van der Waals surface area (Å²) in [5.74, 6) is -0.437. The highest BCUT2D eigenvalue weighted by Crippen LogP contribution is 2.22. The SMILES string of the molecule is C#CCn1c(=NC(=O)CS(=O)(=O)CC(=O)N2CCN(c3ccccc3)CC2)sc2cc(Cl)ccc21. The molecule has 0 unspecified atom stereocenters. The number of carbonyl (C=O) groups excluding carboxylic acids is 2. The zero-order valence-corrected chi connectivity index (χ0v) is 21.2. The van der Waals surface area contributed by atoms with Crippen molar-refractivity contribution in [3.05, 3.63) is 58.4 Å². The number of carbonyl (C=O) groups is 2. The molecule has 2 heterocycles. The largest absolute Gasteiger partial charge is 0.368 e. The number of rotatable bonds is 6. The van der Waals surface area contributed by atoms with Crippen LogP contribution in [0.1, 0.15) is 0 Å². The van der Waals surface area contributed by atoms with E-state index < -0.39 is 33.2 Å². The van der Waals surface area contributed by atoms with Gasteiger partial charge in [0.15, 0.2) is 14.6 Å². The Labute approximate surface area is 212 Å².